The molecule has 0 radical (unpaired) electrons. The molecule has 1 aliphatic rings. The summed E-state index contributed by atoms with van der Waals surface area (Å²) in [4.78, 5) is 73.7. The molecule has 1 fully saturated rings. The second kappa shape index (κ2) is 13.7. The average molecular weight is 507 g/mol. The predicted octanol–water partition coefficient (Wildman–Crippen LogP) is 2.24. The predicted molar refractivity (Wildman–Crippen MR) is 132 cm³/mol. The second-order valence-electron chi connectivity index (χ2n) is 9.22. The Hall–Kier alpha value is -3.30. The quantitative estimate of drug-likeness (QED) is 0.207. The largest absolute Gasteiger partial charge is 0.445 e. The maximum Gasteiger partial charge on any atom is 0.334 e. The highest BCUT2D eigenvalue weighted by Crippen LogP contribution is 2.27. The third-order valence-corrected chi connectivity index (χ3v) is 6.47. The minimum Gasteiger partial charge on any atom is -0.445 e. The van der Waals surface area contributed by atoms with Gasteiger partial charge in [-0.2, -0.15) is 0 Å². The van der Waals surface area contributed by atoms with Crippen molar-refractivity contribution in [1.82, 2.24) is 10.6 Å². The molecule has 0 aromatic rings. The van der Waals surface area contributed by atoms with E-state index in [1.54, 1.807) is 13.8 Å². The van der Waals surface area contributed by atoms with Crippen molar-refractivity contribution in [2.75, 3.05) is 0 Å². The molecule has 36 heavy (non-hydrogen) atoms. The van der Waals surface area contributed by atoms with Gasteiger partial charge in [0.2, 0.25) is 0 Å². The number of carbonyl (C=O) groups is 6. The highest BCUT2D eigenvalue weighted by atomic mass is 16.6. The van der Waals surface area contributed by atoms with Crippen molar-refractivity contribution in [2.45, 2.75) is 102 Å². The van der Waals surface area contributed by atoms with Crippen LogP contribution in [-0.4, -0.2) is 59.6 Å². The van der Waals surface area contributed by atoms with Gasteiger partial charge in [-0.25, -0.2) is 9.59 Å². The van der Waals surface area contributed by atoms with Crippen molar-refractivity contribution in [3.05, 3.63) is 24.3 Å². The van der Waals surface area contributed by atoms with Gasteiger partial charge in [0.15, 0.2) is 11.2 Å². The van der Waals surface area contributed by atoms with Crippen LogP contribution in [0.4, 0.5) is 0 Å². The smallest absolute Gasteiger partial charge is 0.334 e. The topological polar surface area (TPSA) is 145 Å². The number of hydrogen-bond acceptors (Lipinski definition) is 8. The summed E-state index contributed by atoms with van der Waals surface area (Å²) in [6, 6.07) is -1.09. The molecule has 0 heterocycles. The average Bonchev–Trinajstić information content (AvgIpc) is 2.83. The van der Waals surface area contributed by atoms with Crippen LogP contribution in [0.5, 0.6) is 0 Å². The zero-order chi connectivity index (χ0) is 27.5. The fourth-order valence-corrected chi connectivity index (χ4v) is 3.99. The fraction of sp³-hybridized carbons (Fsp3) is 0.615. The van der Waals surface area contributed by atoms with E-state index in [1.807, 2.05) is 0 Å². The lowest BCUT2D eigenvalue weighted by Gasteiger charge is -2.38. The summed E-state index contributed by atoms with van der Waals surface area (Å²) in [6.45, 7) is 13.2. The van der Waals surface area contributed by atoms with Crippen LogP contribution in [0.3, 0.4) is 0 Å². The Kier molecular flexibility index (Phi) is 11.7. The zero-order valence-corrected chi connectivity index (χ0v) is 21.6. The first kappa shape index (κ1) is 30.7. The van der Waals surface area contributed by atoms with Gasteiger partial charge in [0.25, 0.3) is 11.8 Å². The number of nitrogens with one attached hydrogen (secondary N) is 2. The van der Waals surface area contributed by atoms with Gasteiger partial charge in [0.05, 0.1) is 12.8 Å². The minimum atomic E-state index is -1.72. The summed E-state index contributed by atoms with van der Waals surface area (Å²) in [6.07, 6.45) is 3.03. The summed E-state index contributed by atoms with van der Waals surface area (Å²) in [7, 11) is 0. The molecule has 2 unspecified atom stereocenters. The van der Waals surface area contributed by atoms with Crippen molar-refractivity contribution < 1.29 is 38.2 Å². The highest BCUT2D eigenvalue weighted by Gasteiger charge is 2.45. The first-order valence-corrected chi connectivity index (χ1v) is 12.2. The monoisotopic (exact) mass is 506 g/mol. The standard InChI is InChI=1S/C26H38N2O8/c1-7-25(13-15-29,35-21(31)17(3)4)23(33)27-19-11-9-10-12-20(19)28-24(34)26(8-2,14-16-30)36-22(32)18(5)6/h15-16,19-20H,3,5,7-14H2,1-2,4,6H3,(H,27,33)(H,28,34)/t19-,20-,25?,26?/m1/s1. The second-order valence-corrected chi connectivity index (χ2v) is 9.22. The van der Waals surface area contributed by atoms with Crippen molar-refractivity contribution in [1.29, 1.82) is 0 Å². The van der Waals surface area contributed by atoms with E-state index in [0.717, 1.165) is 12.8 Å². The van der Waals surface area contributed by atoms with Crippen molar-refractivity contribution in [2.24, 2.45) is 0 Å². The fourth-order valence-electron chi connectivity index (χ4n) is 3.99. The van der Waals surface area contributed by atoms with E-state index in [9.17, 15) is 28.8 Å². The van der Waals surface area contributed by atoms with Gasteiger partial charge in [-0.15, -0.1) is 0 Å². The highest BCUT2D eigenvalue weighted by molar-refractivity contribution is 5.95. The number of esters is 2. The number of hydrogen-bond donors (Lipinski definition) is 2. The molecular weight excluding hydrogens is 468 g/mol. The van der Waals surface area contributed by atoms with Crippen LogP contribution in [-0.2, 0) is 38.2 Å². The van der Waals surface area contributed by atoms with Crippen LogP contribution in [0, 0.1) is 0 Å². The van der Waals surface area contributed by atoms with E-state index in [2.05, 4.69) is 23.8 Å². The molecule has 2 amide bonds. The molecule has 200 valence electrons. The summed E-state index contributed by atoms with van der Waals surface area (Å²) in [5, 5.41) is 5.69. The minimum absolute atomic E-state index is 0.0511. The van der Waals surface area contributed by atoms with Crippen molar-refractivity contribution in [3.8, 4) is 0 Å². The summed E-state index contributed by atoms with van der Waals surface area (Å²) in [5.74, 6) is -2.88. The number of rotatable bonds is 14. The third-order valence-electron chi connectivity index (χ3n) is 6.47. The molecular formula is C26H38N2O8. The van der Waals surface area contributed by atoms with Crippen LogP contribution in [0.15, 0.2) is 24.3 Å². The lowest BCUT2D eigenvalue weighted by Crippen LogP contribution is -2.61. The normalized spacial score (nSPS) is 20.4. The first-order valence-electron chi connectivity index (χ1n) is 12.2. The molecule has 0 bridgehead atoms. The van der Waals surface area contributed by atoms with Gasteiger partial charge in [-0.1, -0.05) is 39.8 Å². The van der Waals surface area contributed by atoms with Gasteiger partial charge in [-0.05, 0) is 39.5 Å². The maximum absolute atomic E-state index is 13.3. The zero-order valence-electron chi connectivity index (χ0n) is 21.6. The van der Waals surface area contributed by atoms with Gasteiger partial charge in [0.1, 0.15) is 12.6 Å². The van der Waals surface area contributed by atoms with Gasteiger partial charge >= 0.3 is 11.9 Å². The molecule has 0 aliphatic heterocycles. The molecule has 10 nitrogen and oxygen atoms in total. The van der Waals surface area contributed by atoms with Crippen LogP contribution >= 0.6 is 0 Å². The lowest BCUT2D eigenvalue weighted by molar-refractivity contribution is -0.168. The first-order chi connectivity index (χ1) is 16.9. The number of carbonyl (C=O) groups excluding carboxylic acids is 6. The Labute approximate surface area is 212 Å². The van der Waals surface area contributed by atoms with Crippen LogP contribution in [0.25, 0.3) is 0 Å². The van der Waals surface area contributed by atoms with Gasteiger partial charge in [0, 0.05) is 23.2 Å². The lowest BCUT2D eigenvalue weighted by atomic mass is 9.87. The molecule has 0 spiro atoms. The number of ether oxygens (including phenoxy) is 2. The summed E-state index contributed by atoms with van der Waals surface area (Å²) >= 11 is 0. The van der Waals surface area contributed by atoms with Crippen LogP contribution in [0.2, 0.25) is 0 Å². The molecule has 2 N–H and O–H groups in total. The molecule has 0 saturated heterocycles. The maximum atomic E-state index is 13.3. The third kappa shape index (κ3) is 7.60. The van der Waals surface area contributed by atoms with E-state index >= 15 is 0 Å². The number of amides is 2. The Morgan fingerprint density at radius 1 is 0.778 bits per heavy atom. The number of aldehydes is 2. The van der Waals surface area contributed by atoms with E-state index in [4.69, 9.17) is 9.47 Å². The van der Waals surface area contributed by atoms with Crippen LogP contribution < -0.4 is 10.6 Å². The van der Waals surface area contributed by atoms with E-state index in [-0.39, 0.29) is 36.8 Å². The van der Waals surface area contributed by atoms with Gasteiger partial charge in [-0.3, -0.25) is 9.59 Å². The SMILES string of the molecule is C=C(C)C(=O)OC(CC)(CC=O)C(=O)N[C@@H]1CCCC[C@H]1NC(=O)C(CC)(CC=O)OC(=O)C(=C)C. The molecule has 0 aromatic heterocycles. The van der Waals surface area contributed by atoms with Crippen LogP contribution in [0.1, 0.15) is 79.1 Å². The Bertz CT molecular complexity index is 826. The van der Waals surface area contributed by atoms with Crippen molar-refractivity contribution in [3.63, 3.8) is 0 Å². The Morgan fingerprint density at radius 3 is 1.36 bits per heavy atom. The van der Waals surface area contributed by atoms with E-state index < -0.39 is 47.0 Å². The Balaban J connectivity index is 3.17. The summed E-state index contributed by atoms with van der Waals surface area (Å²) in [5.41, 5.74) is -3.26. The Morgan fingerprint density at radius 2 is 1.11 bits per heavy atom. The molecule has 1 aliphatic carbocycles. The van der Waals surface area contributed by atoms with Gasteiger partial charge < -0.3 is 29.7 Å². The molecule has 1 saturated carbocycles. The van der Waals surface area contributed by atoms with E-state index in [0.29, 0.717) is 25.4 Å². The van der Waals surface area contributed by atoms with Crippen molar-refractivity contribution >= 4 is 36.3 Å². The molecule has 4 atom stereocenters. The summed E-state index contributed by atoms with van der Waals surface area (Å²) < 4.78 is 10.8. The molecule has 1 rings (SSSR count). The van der Waals surface area contributed by atoms with E-state index in [1.165, 1.54) is 13.8 Å². The molecule has 0 aromatic carbocycles. The molecule has 10 heteroatoms.